The van der Waals surface area contributed by atoms with E-state index in [0.29, 0.717) is 18.4 Å². The first-order valence-corrected chi connectivity index (χ1v) is 6.03. The number of ether oxygens (including phenoxy) is 1. The molecule has 0 aliphatic rings. The van der Waals surface area contributed by atoms with Crippen molar-refractivity contribution in [1.82, 2.24) is 9.55 Å². The van der Waals surface area contributed by atoms with Crippen LogP contribution in [0.15, 0.2) is 30.5 Å². The fraction of sp³-hybridized carbons (Fsp3) is 0.357. The van der Waals surface area contributed by atoms with Gasteiger partial charge in [0.05, 0.1) is 5.69 Å². The molecule has 0 saturated heterocycles. The summed E-state index contributed by atoms with van der Waals surface area (Å²) in [4.78, 5) is 4.43. The van der Waals surface area contributed by atoms with Gasteiger partial charge in [0.15, 0.2) is 11.5 Å². The maximum Gasteiger partial charge on any atom is 0.161 e. The highest BCUT2D eigenvalue weighted by Gasteiger charge is 2.08. The van der Waals surface area contributed by atoms with Crippen molar-refractivity contribution in [2.24, 2.45) is 0 Å². The number of aromatic nitrogens is 2. The quantitative estimate of drug-likeness (QED) is 0.901. The van der Waals surface area contributed by atoms with Gasteiger partial charge in [-0.1, -0.05) is 12.1 Å². The zero-order valence-electron chi connectivity index (χ0n) is 10.9. The Labute approximate surface area is 107 Å². The Hall–Kier alpha value is -1.97. The van der Waals surface area contributed by atoms with Gasteiger partial charge in [0, 0.05) is 12.2 Å². The minimum Gasteiger partial charge on any atom is -0.504 e. The Kier molecular flexibility index (Phi) is 3.55. The first-order chi connectivity index (χ1) is 8.58. The molecule has 1 aromatic carbocycles. The third-order valence-electron chi connectivity index (χ3n) is 2.76. The number of hydrogen-bond acceptors (Lipinski definition) is 3. The number of aromatic hydroxyl groups is 1. The molecule has 0 aliphatic heterocycles. The second-order valence-electron chi connectivity index (χ2n) is 4.54. The Morgan fingerprint density at radius 2 is 2.06 bits per heavy atom. The third kappa shape index (κ3) is 2.64. The number of benzene rings is 1. The van der Waals surface area contributed by atoms with E-state index in [1.165, 1.54) is 0 Å². The van der Waals surface area contributed by atoms with Crippen molar-refractivity contribution in [3.05, 3.63) is 42.0 Å². The van der Waals surface area contributed by atoms with Crippen LogP contribution in [0.5, 0.6) is 11.5 Å². The summed E-state index contributed by atoms with van der Waals surface area (Å²) in [5.41, 5.74) is 0.865. The second-order valence-corrected chi connectivity index (χ2v) is 4.54. The minimum atomic E-state index is 0.150. The Morgan fingerprint density at radius 1 is 1.33 bits per heavy atom. The fourth-order valence-corrected chi connectivity index (χ4v) is 1.87. The van der Waals surface area contributed by atoms with Gasteiger partial charge < -0.3 is 14.4 Å². The van der Waals surface area contributed by atoms with Gasteiger partial charge in [0.25, 0.3) is 0 Å². The number of aryl methyl sites for hydroxylation is 1. The first kappa shape index (κ1) is 12.5. The van der Waals surface area contributed by atoms with E-state index in [9.17, 15) is 5.11 Å². The van der Waals surface area contributed by atoms with E-state index >= 15 is 0 Å². The molecule has 0 radical (unpaired) electrons. The molecule has 96 valence electrons. The van der Waals surface area contributed by atoms with Crippen LogP contribution >= 0.6 is 0 Å². The summed E-state index contributed by atoms with van der Waals surface area (Å²) in [5.74, 6) is 1.60. The average Bonchev–Trinajstić information content (AvgIpc) is 2.70. The molecule has 2 rings (SSSR count). The summed E-state index contributed by atoms with van der Waals surface area (Å²) in [6.07, 6.45) is 1.99. The number of imidazole rings is 1. The van der Waals surface area contributed by atoms with E-state index < -0.39 is 0 Å². The molecule has 2 aromatic rings. The molecule has 0 amide bonds. The second kappa shape index (κ2) is 5.12. The molecule has 0 atom stereocenters. The van der Waals surface area contributed by atoms with Gasteiger partial charge in [-0.3, -0.25) is 0 Å². The lowest BCUT2D eigenvalue weighted by molar-refractivity contribution is 0.285. The molecule has 0 bridgehead atoms. The summed E-state index contributed by atoms with van der Waals surface area (Å²) in [7, 11) is 0. The number of para-hydroxylation sites is 2. The molecule has 1 heterocycles. The van der Waals surface area contributed by atoms with Crippen molar-refractivity contribution in [1.29, 1.82) is 0 Å². The topological polar surface area (TPSA) is 47.3 Å². The summed E-state index contributed by atoms with van der Waals surface area (Å²) in [5, 5.41) is 9.59. The van der Waals surface area contributed by atoms with E-state index in [2.05, 4.69) is 23.4 Å². The van der Waals surface area contributed by atoms with Crippen molar-refractivity contribution in [2.75, 3.05) is 0 Å². The zero-order chi connectivity index (χ0) is 13.1. The molecular formula is C14H18N2O2. The van der Waals surface area contributed by atoms with Gasteiger partial charge in [0.2, 0.25) is 0 Å². The number of rotatable bonds is 4. The van der Waals surface area contributed by atoms with Crippen molar-refractivity contribution >= 4 is 0 Å². The van der Waals surface area contributed by atoms with Gasteiger partial charge >= 0.3 is 0 Å². The van der Waals surface area contributed by atoms with Crippen LogP contribution in [0.25, 0.3) is 0 Å². The van der Waals surface area contributed by atoms with Crippen molar-refractivity contribution < 1.29 is 9.84 Å². The smallest absolute Gasteiger partial charge is 0.161 e. The van der Waals surface area contributed by atoms with Gasteiger partial charge in [-0.25, -0.2) is 4.98 Å². The molecule has 0 fully saturated rings. The van der Waals surface area contributed by atoms with E-state index in [-0.39, 0.29) is 5.75 Å². The maximum absolute atomic E-state index is 9.59. The van der Waals surface area contributed by atoms with Crippen LogP contribution in [0.1, 0.15) is 31.4 Å². The molecule has 18 heavy (non-hydrogen) atoms. The average molecular weight is 246 g/mol. The van der Waals surface area contributed by atoms with Crippen LogP contribution < -0.4 is 4.74 Å². The largest absolute Gasteiger partial charge is 0.504 e. The minimum absolute atomic E-state index is 0.150. The molecular weight excluding hydrogens is 228 g/mol. The zero-order valence-corrected chi connectivity index (χ0v) is 10.9. The Bertz CT molecular complexity index is 532. The lowest BCUT2D eigenvalue weighted by Crippen LogP contribution is -2.00. The third-order valence-corrected chi connectivity index (χ3v) is 2.76. The molecule has 0 saturated carbocycles. The SMILES string of the molecule is Cc1nc(COc2ccccc2O)cn1C(C)C. The summed E-state index contributed by atoms with van der Waals surface area (Å²) < 4.78 is 7.65. The molecule has 4 nitrogen and oxygen atoms in total. The van der Waals surface area contributed by atoms with Crippen LogP contribution in [0, 0.1) is 6.92 Å². The monoisotopic (exact) mass is 246 g/mol. The highest BCUT2D eigenvalue weighted by atomic mass is 16.5. The van der Waals surface area contributed by atoms with Crippen molar-refractivity contribution in [2.45, 2.75) is 33.4 Å². The summed E-state index contributed by atoms with van der Waals surface area (Å²) >= 11 is 0. The number of nitrogens with zero attached hydrogens (tertiary/aromatic N) is 2. The molecule has 1 N–H and O–H groups in total. The van der Waals surface area contributed by atoms with Gasteiger partial charge in [-0.15, -0.1) is 0 Å². The fourth-order valence-electron chi connectivity index (χ4n) is 1.87. The molecule has 1 aromatic heterocycles. The van der Waals surface area contributed by atoms with Crippen LogP contribution in [0.2, 0.25) is 0 Å². The predicted molar refractivity (Wildman–Crippen MR) is 69.8 cm³/mol. The van der Waals surface area contributed by atoms with E-state index in [4.69, 9.17) is 4.74 Å². The molecule has 0 unspecified atom stereocenters. The number of phenols is 1. The Balaban J connectivity index is 2.07. The van der Waals surface area contributed by atoms with Gasteiger partial charge in [0.1, 0.15) is 12.4 Å². The van der Waals surface area contributed by atoms with Crippen molar-refractivity contribution in [3.63, 3.8) is 0 Å². The number of hydrogen-bond donors (Lipinski definition) is 1. The van der Waals surface area contributed by atoms with Crippen LogP contribution in [0.3, 0.4) is 0 Å². The summed E-state index contributed by atoms with van der Waals surface area (Å²) in [6.45, 7) is 6.56. The lowest BCUT2D eigenvalue weighted by Gasteiger charge is -2.07. The highest BCUT2D eigenvalue weighted by Crippen LogP contribution is 2.25. The first-order valence-electron chi connectivity index (χ1n) is 6.03. The number of phenolic OH excluding ortho intramolecular Hbond substituents is 1. The van der Waals surface area contributed by atoms with E-state index in [1.54, 1.807) is 18.2 Å². The molecule has 0 spiro atoms. The van der Waals surface area contributed by atoms with E-state index in [0.717, 1.165) is 11.5 Å². The lowest BCUT2D eigenvalue weighted by atomic mass is 10.3. The Morgan fingerprint density at radius 3 is 2.67 bits per heavy atom. The molecule has 0 aliphatic carbocycles. The predicted octanol–water partition coefficient (Wildman–Crippen LogP) is 3.06. The highest BCUT2D eigenvalue weighted by molar-refractivity contribution is 5.37. The standard InChI is InChI=1S/C14H18N2O2/c1-10(2)16-8-12(15-11(16)3)9-18-14-7-5-4-6-13(14)17/h4-8,10,17H,9H2,1-3H3. The normalized spacial score (nSPS) is 10.9. The summed E-state index contributed by atoms with van der Waals surface area (Å²) in [6, 6.07) is 7.32. The maximum atomic E-state index is 9.59. The van der Waals surface area contributed by atoms with E-state index in [1.807, 2.05) is 19.2 Å². The van der Waals surface area contributed by atoms with Crippen LogP contribution in [-0.4, -0.2) is 14.7 Å². The van der Waals surface area contributed by atoms with Gasteiger partial charge in [-0.2, -0.15) is 0 Å². The van der Waals surface area contributed by atoms with Crippen LogP contribution in [-0.2, 0) is 6.61 Å². The molecule has 4 heteroatoms. The van der Waals surface area contributed by atoms with Gasteiger partial charge in [-0.05, 0) is 32.9 Å². The van der Waals surface area contributed by atoms with Crippen LogP contribution in [0.4, 0.5) is 0 Å². The van der Waals surface area contributed by atoms with Crippen molar-refractivity contribution in [3.8, 4) is 11.5 Å².